The second kappa shape index (κ2) is 9.16. The van der Waals surface area contributed by atoms with Crippen molar-refractivity contribution in [2.45, 2.75) is 33.4 Å². The van der Waals surface area contributed by atoms with Crippen LogP contribution in [0.3, 0.4) is 0 Å². The van der Waals surface area contributed by atoms with Gasteiger partial charge in [0.15, 0.2) is 6.61 Å². The zero-order valence-corrected chi connectivity index (χ0v) is 16.1. The lowest BCUT2D eigenvalue weighted by molar-refractivity contribution is -0.142. The molecule has 0 saturated carbocycles. The predicted octanol–water partition coefficient (Wildman–Crippen LogP) is 2.98. The van der Waals surface area contributed by atoms with E-state index in [0.29, 0.717) is 5.75 Å². The largest absolute Gasteiger partial charge is 0.484 e. The molecule has 1 N–H and O–H groups in total. The number of carbonyl (C=O) groups excluding carboxylic acids is 2. The number of nitrogens with one attached hydrogen (secondary N) is 1. The zero-order valence-electron chi connectivity index (χ0n) is 16.1. The van der Waals surface area contributed by atoms with Crippen LogP contribution in [0.25, 0.3) is 0 Å². The number of nitrogens with zero attached hydrogens (tertiary/aromatic N) is 1. The van der Waals surface area contributed by atoms with Gasteiger partial charge in [-0.25, -0.2) is 4.39 Å². The highest BCUT2D eigenvalue weighted by atomic mass is 19.1. The maximum atomic E-state index is 13.1. The lowest BCUT2D eigenvalue weighted by Crippen LogP contribution is -2.48. The molecular formula is C21H25FN2O3. The van der Waals surface area contributed by atoms with Gasteiger partial charge < -0.3 is 15.0 Å². The Morgan fingerprint density at radius 1 is 1.11 bits per heavy atom. The summed E-state index contributed by atoms with van der Waals surface area (Å²) in [5.74, 6) is -0.351. The third-order valence-corrected chi connectivity index (χ3v) is 4.24. The smallest absolute Gasteiger partial charge is 0.261 e. The van der Waals surface area contributed by atoms with E-state index in [1.165, 1.54) is 24.1 Å². The lowest BCUT2D eigenvalue weighted by Gasteiger charge is -2.28. The molecule has 0 fully saturated rings. The van der Waals surface area contributed by atoms with E-state index >= 15 is 0 Å². The number of halogens is 1. The standard InChI is InChI=1S/C21H25FN2O3/c1-14-9-15(2)11-19(10-14)27-13-20(25)24(16(3)21(26)23-4)12-17-5-7-18(22)8-6-17/h5-11,16H,12-13H2,1-4H3,(H,23,26). The number of likely N-dealkylation sites (N-methyl/N-ethyl adjacent to an activating group) is 1. The Morgan fingerprint density at radius 2 is 1.70 bits per heavy atom. The lowest BCUT2D eigenvalue weighted by atomic mass is 10.1. The van der Waals surface area contributed by atoms with E-state index in [0.717, 1.165) is 16.7 Å². The van der Waals surface area contributed by atoms with E-state index in [-0.39, 0.29) is 30.8 Å². The van der Waals surface area contributed by atoms with Gasteiger partial charge in [0.25, 0.3) is 5.91 Å². The highest BCUT2D eigenvalue weighted by Gasteiger charge is 2.25. The fourth-order valence-electron chi connectivity index (χ4n) is 2.82. The highest BCUT2D eigenvalue weighted by Crippen LogP contribution is 2.17. The van der Waals surface area contributed by atoms with Gasteiger partial charge in [0.05, 0.1) is 0 Å². The number of aryl methyl sites for hydroxylation is 2. The van der Waals surface area contributed by atoms with Crippen molar-refractivity contribution < 1.29 is 18.7 Å². The first-order valence-corrected chi connectivity index (χ1v) is 8.76. The number of ether oxygens (including phenoxy) is 1. The molecule has 0 radical (unpaired) electrons. The number of hydrogen-bond acceptors (Lipinski definition) is 3. The van der Waals surface area contributed by atoms with Gasteiger partial charge >= 0.3 is 0 Å². The Bertz CT molecular complexity index is 785. The maximum Gasteiger partial charge on any atom is 0.261 e. The normalized spacial score (nSPS) is 11.6. The first kappa shape index (κ1) is 20.4. The summed E-state index contributed by atoms with van der Waals surface area (Å²) in [5, 5.41) is 2.55. The Morgan fingerprint density at radius 3 is 2.26 bits per heavy atom. The van der Waals surface area contributed by atoms with Crippen LogP contribution in [0.5, 0.6) is 5.75 Å². The van der Waals surface area contributed by atoms with Crippen LogP contribution in [0, 0.1) is 19.7 Å². The van der Waals surface area contributed by atoms with Crippen molar-refractivity contribution in [3.63, 3.8) is 0 Å². The molecule has 0 aliphatic carbocycles. The number of hydrogen-bond donors (Lipinski definition) is 1. The van der Waals surface area contributed by atoms with Crippen molar-refractivity contribution in [3.05, 3.63) is 65.0 Å². The van der Waals surface area contributed by atoms with Crippen molar-refractivity contribution in [3.8, 4) is 5.75 Å². The number of carbonyl (C=O) groups is 2. The summed E-state index contributed by atoms with van der Waals surface area (Å²) in [7, 11) is 1.52. The second-order valence-corrected chi connectivity index (χ2v) is 6.55. The van der Waals surface area contributed by atoms with Crippen LogP contribution in [0.15, 0.2) is 42.5 Å². The minimum Gasteiger partial charge on any atom is -0.484 e. The highest BCUT2D eigenvalue weighted by molar-refractivity contribution is 5.87. The summed E-state index contributed by atoms with van der Waals surface area (Å²) in [6.07, 6.45) is 0. The summed E-state index contributed by atoms with van der Waals surface area (Å²) in [5.41, 5.74) is 2.81. The van der Waals surface area contributed by atoms with Gasteiger partial charge in [-0.05, 0) is 61.7 Å². The fourth-order valence-corrected chi connectivity index (χ4v) is 2.82. The van der Waals surface area contributed by atoms with Crippen LogP contribution in [-0.4, -0.2) is 36.4 Å². The minimum atomic E-state index is -0.685. The molecule has 2 aromatic rings. The first-order valence-electron chi connectivity index (χ1n) is 8.76. The third kappa shape index (κ3) is 5.81. The van der Waals surface area contributed by atoms with E-state index in [1.54, 1.807) is 19.1 Å². The molecule has 144 valence electrons. The Hall–Kier alpha value is -2.89. The maximum absolute atomic E-state index is 13.1. The van der Waals surface area contributed by atoms with Crippen LogP contribution in [0.1, 0.15) is 23.6 Å². The molecule has 1 unspecified atom stereocenters. The molecule has 0 saturated heterocycles. The molecule has 6 heteroatoms. The zero-order chi connectivity index (χ0) is 20.0. The van der Waals surface area contributed by atoms with Crippen LogP contribution in [-0.2, 0) is 16.1 Å². The minimum absolute atomic E-state index is 0.184. The fraction of sp³-hybridized carbons (Fsp3) is 0.333. The van der Waals surface area contributed by atoms with E-state index in [4.69, 9.17) is 4.74 Å². The molecule has 0 heterocycles. The van der Waals surface area contributed by atoms with Gasteiger partial charge in [0.2, 0.25) is 5.91 Å². The monoisotopic (exact) mass is 372 g/mol. The summed E-state index contributed by atoms with van der Waals surface area (Å²) >= 11 is 0. The topological polar surface area (TPSA) is 58.6 Å². The molecule has 0 spiro atoms. The molecular weight excluding hydrogens is 347 g/mol. The van der Waals surface area contributed by atoms with Gasteiger partial charge in [-0.15, -0.1) is 0 Å². The quantitative estimate of drug-likeness (QED) is 0.813. The molecule has 0 aliphatic heterocycles. The van der Waals surface area contributed by atoms with Crippen molar-refractivity contribution >= 4 is 11.8 Å². The molecule has 0 aliphatic rings. The van der Waals surface area contributed by atoms with Crippen molar-refractivity contribution in [1.82, 2.24) is 10.2 Å². The van der Waals surface area contributed by atoms with Gasteiger partial charge in [-0.1, -0.05) is 18.2 Å². The third-order valence-electron chi connectivity index (χ3n) is 4.24. The van der Waals surface area contributed by atoms with E-state index in [2.05, 4.69) is 5.32 Å². The molecule has 0 aromatic heterocycles. The Balaban J connectivity index is 2.14. The molecule has 1 atom stereocenters. The van der Waals surface area contributed by atoms with Crippen molar-refractivity contribution in [2.24, 2.45) is 0 Å². The van der Waals surface area contributed by atoms with Gasteiger partial charge in [0.1, 0.15) is 17.6 Å². The average molecular weight is 372 g/mol. The van der Waals surface area contributed by atoms with E-state index < -0.39 is 6.04 Å². The van der Waals surface area contributed by atoms with Gasteiger partial charge in [-0.3, -0.25) is 9.59 Å². The predicted molar refractivity (Wildman–Crippen MR) is 102 cm³/mol. The second-order valence-electron chi connectivity index (χ2n) is 6.55. The van der Waals surface area contributed by atoms with E-state index in [1.807, 2.05) is 32.0 Å². The molecule has 0 bridgehead atoms. The van der Waals surface area contributed by atoms with Crippen LogP contribution >= 0.6 is 0 Å². The summed E-state index contributed by atoms with van der Waals surface area (Å²) < 4.78 is 18.8. The Labute approximate surface area is 159 Å². The van der Waals surface area contributed by atoms with Crippen LogP contribution in [0.4, 0.5) is 4.39 Å². The Kier molecular flexibility index (Phi) is 6.93. The van der Waals surface area contributed by atoms with Crippen molar-refractivity contribution in [1.29, 1.82) is 0 Å². The van der Waals surface area contributed by atoms with E-state index in [9.17, 15) is 14.0 Å². The molecule has 2 rings (SSSR count). The molecule has 2 amide bonds. The molecule has 5 nitrogen and oxygen atoms in total. The van der Waals surface area contributed by atoms with Crippen LogP contribution < -0.4 is 10.1 Å². The summed E-state index contributed by atoms with van der Waals surface area (Å²) in [6.45, 7) is 5.55. The van der Waals surface area contributed by atoms with Crippen molar-refractivity contribution in [2.75, 3.05) is 13.7 Å². The number of amides is 2. The number of rotatable bonds is 7. The molecule has 2 aromatic carbocycles. The van der Waals surface area contributed by atoms with Gasteiger partial charge in [0, 0.05) is 13.6 Å². The summed E-state index contributed by atoms with van der Waals surface area (Å²) in [6, 6.07) is 10.9. The average Bonchev–Trinajstić information content (AvgIpc) is 2.63. The number of benzene rings is 2. The SMILES string of the molecule is CNC(=O)C(C)N(Cc1ccc(F)cc1)C(=O)COc1cc(C)cc(C)c1. The first-order chi connectivity index (χ1) is 12.8. The summed E-state index contributed by atoms with van der Waals surface area (Å²) in [4.78, 5) is 26.3. The van der Waals surface area contributed by atoms with Gasteiger partial charge in [-0.2, -0.15) is 0 Å². The molecule has 27 heavy (non-hydrogen) atoms. The van der Waals surface area contributed by atoms with Crippen LogP contribution in [0.2, 0.25) is 0 Å².